The van der Waals surface area contributed by atoms with Crippen molar-refractivity contribution >= 4 is 5.97 Å². The lowest BCUT2D eigenvalue weighted by Crippen LogP contribution is -2.17. The largest absolute Gasteiger partial charge is 0.477 e. The molecule has 1 aromatic carbocycles. The van der Waals surface area contributed by atoms with Crippen LogP contribution >= 0.6 is 0 Å². The van der Waals surface area contributed by atoms with Crippen molar-refractivity contribution in [3.63, 3.8) is 0 Å². The summed E-state index contributed by atoms with van der Waals surface area (Å²) in [7, 11) is 0. The Labute approximate surface area is 158 Å². The summed E-state index contributed by atoms with van der Waals surface area (Å²) in [6.07, 6.45) is 4.48. The van der Waals surface area contributed by atoms with E-state index in [2.05, 4.69) is 19.1 Å². The number of carboxylic acids is 1. The highest BCUT2D eigenvalue weighted by Crippen LogP contribution is 2.14. The Kier molecular flexibility index (Phi) is 7.32. The topological polar surface area (TPSA) is 79.5 Å². The normalized spacial score (nSPS) is 10.3. The summed E-state index contributed by atoms with van der Waals surface area (Å²) in [6.45, 7) is 3.77. The van der Waals surface area contributed by atoms with E-state index in [4.69, 9.17) is 0 Å². The van der Waals surface area contributed by atoms with Gasteiger partial charge >= 0.3 is 5.97 Å². The van der Waals surface area contributed by atoms with Crippen molar-refractivity contribution in [2.24, 2.45) is 0 Å². The highest BCUT2D eigenvalue weighted by atomic mass is 16.4. The first kappa shape index (κ1) is 20.4. The highest BCUT2D eigenvalue weighted by molar-refractivity contribution is 5.87. The van der Waals surface area contributed by atoms with Crippen molar-refractivity contribution in [2.45, 2.75) is 33.2 Å². The van der Waals surface area contributed by atoms with E-state index in [1.165, 1.54) is 21.9 Å². The number of aromatic carboxylic acids is 1. The van der Waals surface area contributed by atoms with Gasteiger partial charge in [-0.3, -0.25) is 4.79 Å². The standard InChI is InChI=1S/C22H25NO4/c1-3-18-8-4-5-9-19(18)14-17-7-6-10-23(11-12-24)15-20(22(26)27)21(25)16(2)13-17/h4-10,13,15,24H,3,11-12,14H2,1-2H3,(H,26,27). The molecule has 5 heteroatoms. The van der Waals surface area contributed by atoms with Crippen LogP contribution in [-0.4, -0.2) is 27.4 Å². The zero-order chi connectivity index (χ0) is 19.8. The van der Waals surface area contributed by atoms with Crippen molar-refractivity contribution in [3.05, 3.63) is 92.9 Å². The Morgan fingerprint density at radius 1 is 1.11 bits per heavy atom. The smallest absolute Gasteiger partial charge is 0.341 e. The van der Waals surface area contributed by atoms with Crippen LogP contribution < -0.4 is 5.43 Å². The van der Waals surface area contributed by atoms with E-state index in [-0.39, 0.29) is 18.7 Å². The summed E-state index contributed by atoms with van der Waals surface area (Å²) >= 11 is 0. The van der Waals surface area contributed by atoms with E-state index in [0.29, 0.717) is 12.0 Å². The molecule has 0 bridgehead atoms. The van der Waals surface area contributed by atoms with Gasteiger partial charge < -0.3 is 14.8 Å². The van der Waals surface area contributed by atoms with Crippen LogP contribution in [-0.2, 0) is 19.4 Å². The van der Waals surface area contributed by atoms with Crippen molar-refractivity contribution in [3.8, 4) is 0 Å². The van der Waals surface area contributed by atoms with Gasteiger partial charge in [0.15, 0.2) is 5.43 Å². The van der Waals surface area contributed by atoms with Crippen molar-refractivity contribution < 1.29 is 15.0 Å². The third-order valence-electron chi connectivity index (χ3n) is 4.37. The van der Waals surface area contributed by atoms with Gasteiger partial charge in [-0.05, 0) is 48.1 Å². The van der Waals surface area contributed by atoms with Crippen molar-refractivity contribution in [1.82, 2.24) is 4.57 Å². The van der Waals surface area contributed by atoms with Gasteiger partial charge in [-0.1, -0.05) is 43.3 Å². The Morgan fingerprint density at radius 2 is 1.81 bits per heavy atom. The van der Waals surface area contributed by atoms with Crippen LogP contribution in [0.25, 0.3) is 0 Å². The first-order valence-electron chi connectivity index (χ1n) is 8.95. The molecule has 27 heavy (non-hydrogen) atoms. The number of benzene rings is 1. The molecule has 5 nitrogen and oxygen atoms in total. The minimum Gasteiger partial charge on any atom is -0.477 e. The monoisotopic (exact) mass is 367 g/mol. The number of hydrogen-bond acceptors (Lipinski definition) is 3. The van der Waals surface area contributed by atoms with Crippen LogP contribution in [0.5, 0.6) is 0 Å². The summed E-state index contributed by atoms with van der Waals surface area (Å²) < 4.78 is 1.51. The maximum absolute atomic E-state index is 12.6. The number of aliphatic hydroxyl groups excluding tert-OH is 1. The lowest BCUT2D eigenvalue weighted by molar-refractivity contribution is 0.0694. The van der Waals surface area contributed by atoms with Crippen molar-refractivity contribution in [2.75, 3.05) is 6.61 Å². The molecule has 2 aromatic rings. The van der Waals surface area contributed by atoms with Gasteiger partial charge in [0.2, 0.25) is 0 Å². The van der Waals surface area contributed by atoms with E-state index in [1.807, 2.05) is 18.2 Å². The molecule has 0 spiro atoms. The van der Waals surface area contributed by atoms with Gasteiger partial charge in [0.25, 0.3) is 0 Å². The first-order valence-corrected chi connectivity index (χ1v) is 8.95. The number of hydrogen-bond donors (Lipinski definition) is 2. The van der Waals surface area contributed by atoms with Crippen LogP contribution in [0.2, 0.25) is 0 Å². The summed E-state index contributed by atoms with van der Waals surface area (Å²) in [5.74, 6) is -1.29. The van der Waals surface area contributed by atoms with E-state index < -0.39 is 11.4 Å². The molecular formula is C22H25NO4. The van der Waals surface area contributed by atoms with Crippen LogP contribution in [0, 0.1) is 6.92 Å². The molecule has 0 aliphatic rings. The van der Waals surface area contributed by atoms with E-state index in [9.17, 15) is 19.8 Å². The molecule has 0 unspecified atom stereocenters. The molecule has 0 fully saturated rings. The van der Waals surface area contributed by atoms with Gasteiger partial charge in [0.1, 0.15) is 5.56 Å². The fraction of sp³-hybridized carbons (Fsp3) is 0.273. The molecule has 1 aromatic heterocycles. The Morgan fingerprint density at radius 3 is 2.44 bits per heavy atom. The van der Waals surface area contributed by atoms with E-state index in [0.717, 1.165) is 12.0 Å². The maximum Gasteiger partial charge on any atom is 0.341 e. The number of aliphatic hydroxyl groups is 1. The van der Waals surface area contributed by atoms with Gasteiger partial charge in [0.05, 0.1) is 6.61 Å². The minimum atomic E-state index is -1.29. The SMILES string of the molecule is CCc1ccccc1Cc1cccn(CCO)cc(C(=O)O)c(=O)c(C)c1. The summed E-state index contributed by atoms with van der Waals surface area (Å²) in [5.41, 5.74) is 2.84. The summed E-state index contributed by atoms with van der Waals surface area (Å²) in [6, 6.07) is 13.6. The minimum absolute atomic E-state index is 0.156. The lowest BCUT2D eigenvalue weighted by Gasteiger charge is -2.08. The summed E-state index contributed by atoms with van der Waals surface area (Å²) in [4.78, 5) is 24.2. The Balaban J connectivity index is 2.67. The fourth-order valence-electron chi connectivity index (χ4n) is 2.96. The zero-order valence-electron chi connectivity index (χ0n) is 15.7. The molecule has 1 heterocycles. The van der Waals surface area contributed by atoms with Gasteiger partial charge in [-0.15, -0.1) is 0 Å². The Bertz CT molecular complexity index is 930. The number of aryl methyl sites for hydroxylation is 2. The van der Waals surface area contributed by atoms with E-state index >= 15 is 0 Å². The average molecular weight is 367 g/mol. The predicted octanol–water partition coefficient (Wildman–Crippen LogP) is 3.12. The molecule has 0 saturated carbocycles. The number of nitrogens with zero attached hydrogens (tertiary/aromatic N) is 1. The molecule has 2 rings (SSSR count). The molecule has 0 atom stereocenters. The molecule has 0 saturated heterocycles. The zero-order valence-corrected chi connectivity index (χ0v) is 15.7. The van der Waals surface area contributed by atoms with Gasteiger partial charge in [-0.25, -0.2) is 4.79 Å². The van der Waals surface area contributed by atoms with Crippen molar-refractivity contribution in [1.29, 1.82) is 0 Å². The third-order valence-corrected chi connectivity index (χ3v) is 4.37. The molecule has 0 amide bonds. The number of aromatic nitrogens is 1. The van der Waals surface area contributed by atoms with Gasteiger partial charge in [-0.2, -0.15) is 0 Å². The fourth-order valence-corrected chi connectivity index (χ4v) is 2.96. The van der Waals surface area contributed by atoms with Crippen LogP contribution in [0.3, 0.4) is 0 Å². The Hall–Kier alpha value is -2.92. The van der Waals surface area contributed by atoms with E-state index in [1.54, 1.807) is 25.3 Å². The second-order valence-corrected chi connectivity index (χ2v) is 6.35. The second-order valence-electron chi connectivity index (χ2n) is 6.35. The molecule has 0 radical (unpaired) electrons. The highest BCUT2D eigenvalue weighted by Gasteiger charge is 2.09. The third kappa shape index (κ3) is 5.53. The number of rotatable bonds is 6. The molecule has 0 aliphatic carbocycles. The molecule has 142 valence electrons. The quantitative estimate of drug-likeness (QED) is 0.822. The number of carbonyl (C=O) groups is 1. The first-order chi connectivity index (χ1) is 13.0. The van der Waals surface area contributed by atoms with Crippen LogP contribution in [0.15, 0.2) is 59.7 Å². The predicted molar refractivity (Wildman–Crippen MR) is 106 cm³/mol. The second kappa shape index (κ2) is 9.69. The lowest BCUT2D eigenvalue weighted by atomic mass is 9.98. The molecule has 0 aliphatic heterocycles. The van der Waals surface area contributed by atoms with Crippen LogP contribution in [0.1, 0.15) is 39.5 Å². The van der Waals surface area contributed by atoms with Gasteiger partial charge in [0, 0.05) is 18.9 Å². The molecular weight excluding hydrogens is 342 g/mol. The number of carboxylic acid groups (broad SMARTS) is 1. The summed E-state index contributed by atoms with van der Waals surface area (Å²) in [5, 5.41) is 18.6. The van der Waals surface area contributed by atoms with Crippen LogP contribution in [0.4, 0.5) is 0 Å². The molecule has 2 N–H and O–H groups in total. The average Bonchev–Trinajstić information content (AvgIpc) is 2.64. The maximum atomic E-state index is 12.6.